The number of likely N-dealkylation sites (tertiary alicyclic amines) is 1. The molecule has 1 N–H and O–H groups in total. The van der Waals surface area contributed by atoms with Crippen molar-refractivity contribution in [1.82, 2.24) is 4.90 Å². The molecule has 0 saturated carbocycles. The lowest BCUT2D eigenvalue weighted by Gasteiger charge is -2.29. The van der Waals surface area contributed by atoms with E-state index in [4.69, 9.17) is 5.11 Å². The van der Waals surface area contributed by atoms with Crippen molar-refractivity contribution in [2.45, 2.75) is 39.0 Å². The van der Waals surface area contributed by atoms with Crippen molar-refractivity contribution in [2.75, 3.05) is 26.2 Å². The summed E-state index contributed by atoms with van der Waals surface area (Å²) in [6, 6.07) is 0. The average Bonchev–Trinajstić information content (AvgIpc) is 2.23. The molecule has 0 radical (unpaired) electrons. The van der Waals surface area contributed by atoms with Gasteiger partial charge in [0.05, 0.1) is 0 Å². The van der Waals surface area contributed by atoms with Crippen LogP contribution in [0, 0.1) is 5.92 Å². The third kappa shape index (κ3) is 4.76. The lowest BCUT2D eigenvalue weighted by atomic mass is 9.98. The van der Waals surface area contributed by atoms with Gasteiger partial charge >= 0.3 is 0 Å². The van der Waals surface area contributed by atoms with Gasteiger partial charge in [0.25, 0.3) is 0 Å². The molecule has 1 saturated heterocycles. The Labute approximate surface area is 92.5 Å². The predicted octanol–water partition coefficient (Wildman–Crippen LogP) is 1.45. The molecule has 3 heteroatoms. The molecule has 1 atom stereocenters. The van der Waals surface area contributed by atoms with Crippen molar-refractivity contribution in [3.63, 3.8) is 0 Å². The zero-order valence-electron chi connectivity index (χ0n) is 9.74. The second-order valence-corrected chi connectivity index (χ2v) is 4.56. The van der Waals surface area contributed by atoms with Crippen LogP contribution in [0.15, 0.2) is 0 Å². The second-order valence-electron chi connectivity index (χ2n) is 4.56. The molecule has 1 fully saturated rings. The van der Waals surface area contributed by atoms with Crippen LogP contribution in [0.3, 0.4) is 0 Å². The molecular formula is C12H23NO2. The Morgan fingerprint density at radius 3 is 2.73 bits per heavy atom. The number of nitrogens with zero attached hydrogens (tertiary/aromatic N) is 1. The van der Waals surface area contributed by atoms with E-state index < -0.39 is 0 Å². The highest BCUT2D eigenvalue weighted by molar-refractivity contribution is 5.81. The van der Waals surface area contributed by atoms with Crippen LogP contribution in [-0.2, 0) is 4.79 Å². The SMILES string of the molecule is CC1CN(CCCCCCO)CCC1=O. The number of carbonyl (C=O) groups is 1. The summed E-state index contributed by atoms with van der Waals surface area (Å²) in [5.41, 5.74) is 0. The van der Waals surface area contributed by atoms with Gasteiger partial charge in [0, 0.05) is 32.0 Å². The summed E-state index contributed by atoms with van der Waals surface area (Å²) in [4.78, 5) is 13.7. The number of hydrogen-bond acceptors (Lipinski definition) is 3. The molecule has 0 spiro atoms. The van der Waals surface area contributed by atoms with E-state index in [2.05, 4.69) is 4.90 Å². The quantitative estimate of drug-likeness (QED) is 0.679. The molecule has 0 aromatic carbocycles. The lowest BCUT2D eigenvalue weighted by molar-refractivity contribution is -0.125. The lowest BCUT2D eigenvalue weighted by Crippen LogP contribution is -2.39. The Morgan fingerprint density at radius 1 is 1.33 bits per heavy atom. The molecule has 0 aromatic heterocycles. The fraction of sp³-hybridized carbons (Fsp3) is 0.917. The van der Waals surface area contributed by atoms with Crippen LogP contribution in [0.2, 0.25) is 0 Å². The van der Waals surface area contributed by atoms with Gasteiger partial charge in [-0.3, -0.25) is 4.79 Å². The standard InChI is InChI=1S/C12H23NO2/c1-11-10-13(8-6-12(11)15)7-4-2-3-5-9-14/h11,14H,2-10H2,1H3. The van der Waals surface area contributed by atoms with E-state index in [0.29, 0.717) is 12.4 Å². The highest BCUT2D eigenvalue weighted by Crippen LogP contribution is 2.13. The third-order valence-corrected chi connectivity index (χ3v) is 3.14. The number of aliphatic hydroxyl groups is 1. The molecule has 15 heavy (non-hydrogen) atoms. The maximum absolute atomic E-state index is 11.3. The maximum atomic E-state index is 11.3. The molecule has 0 bridgehead atoms. The number of carbonyl (C=O) groups excluding carboxylic acids is 1. The van der Waals surface area contributed by atoms with Crippen molar-refractivity contribution in [1.29, 1.82) is 0 Å². The molecule has 88 valence electrons. The molecule has 1 rings (SSSR count). The van der Waals surface area contributed by atoms with Gasteiger partial charge in [-0.05, 0) is 19.4 Å². The zero-order chi connectivity index (χ0) is 11.1. The largest absolute Gasteiger partial charge is 0.396 e. The van der Waals surface area contributed by atoms with Crippen LogP contribution < -0.4 is 0 Å². The van der Waals surface area contributed by atoms with Gasteiger partial charge in [0.15, 0.2) is 0 Å². The number of hydrogen-bond donors (Lipinski definition) is 1. The second kappa shape index (κ2) is 6.96. The topological polar surface area (TPSA) is 40.5 Å². The van der Waals surface area contributed by atoms with E-state index in [-0.39, 0.29) is 5.92 Å². The summed E-state index contributed by atoms with van der Waals surface area (Å²) in [5.74, 6) is 0.655. The van der Waals surface area contributed by atoms with Gasteiger partial charge in [-0.15, -0.1) is 0 Å². The van der Waals surface area contributed by atoms with Crippen LogP contribution in [0.25, 0.3) is 0 Å². The Balaban J connectivity index is 2.04. The molecule has 0 aromatic rings. The van der Waals surface area contributed by atoms with Crippen LogP contribution >= 0.6 is 0 Å². The molecule has 1 unspecified atom stereocenters. The summed E-state index contributed by atoms with van der Waals surface area (Å²) >= 11 is 0. The van der Waals surface area contributed by atoms with Gasteiger partial charge in [0.1, 0.15) is 5.78 Å². The van der Waals surface area contributed by atoms with E-state index in [1.807, 2.05) is 6.92 Å². The van der Waals surface area contributed by atoms with Crippen LogP contribution in [0.4, 0.5) is 0 Å². The average molecular weight is 213 g/mol. The van der Waals surface area contributed by atoms with Crippen molar-refractivity contribution >= 4 is 5.78 Å². The van der Waals surface area contributed by atoms with E-state index in [9.17, 15) is 4.79 Å². The summed E-state index contributed by atoms with van der Waals surface area (Å²) in [6.07, 6.45) is 5.17. The minimum absolute atomic E-state index is 0.233. The smallest absolute Gasteiger partial charge is 0.138 e. The number of rotatable bonds is 6. The first-order valence-corrected chi connectivity index (χ1v) is 6.10. The fourth-order valence-corrected chi connectivity index (χ4v) is 2.10. The third-order valence-electron chi connectivity index (χ3n) is 3.14. The zero-order valence-corrected chi connectivity index (χ0v) is 9.74. The normalized spacial score (nSPS) is 23.3. The molecule has 1 aliphatic heterocycles. The molecule has 3 nitrogen and oxygen atoms in total. The predicted molar refractivity (Wildman–Crippen MR) is 60.8 cm³/mol. The maximum Gasteiger partial charge on any atom is 0.138 e. The van der Waals surface area contributed by atoms with Crippen LogP contribution in [0.5, 0.6) is 0 Å². The van der Waals surface area contributed by atoms with Crippen molar-refractivity contribution in [3.8, 4) is 0 Å². The van der Waals surface area contributed by atoms with E-state index in [1.54, 1.807) is 0 Å². The van der Waals surface area contributed by atoms with Gasteiger partial charge in [0.2, 0.25) is 0 Å². The highest BCUT2D eigenvalue weighted by atomic mass is 16.2. The minimum Gasteiger partial charge on any atom is -0.396 e. The van der Waals surface area contributed by atoms with Crippen LogP contribution in [-0.4, -0.2) is 42.0 Å². The fourth-order valence-electron chi connectivity index (χ4n) is 2.10. The minimum atomic E-state index is 0.233. The van der Waals surface area contributed by atoms with E-state index in [0.717, 1.165) is 38.9 Å². The van der Waals surface area contributed by atoms with E-state index >= 15 is 0 Å². The van der Waals surface area contributed by atoms with Crippen molar-refractivity contribution in [3.05, 3.63) is 0 Å². The molecule has 0 aliphatic carbocycles. The molecule has 1 heterocycles. The van der Waals surface area contributed by atoms with Gasteiger partial charge in [-0.25, -0.2) is 0 Å². The monoisotopic (exact) mass is 213 g/mol. The van der Waals surface area contributed by atoms with Gasteiger partial charge in [-0.1, -0.05) is 19.8 Å². The summed E-state index contributed by atoms with van der Waals surface area (Å²) < 4.78 is 0. The number of ketones is 1. The summed E-state index contributed by atoms with van der Waals surface area (Å²) in [7, 11) is 0. The van der Waals surface area contributed by atoms with Crippen LogP contribution in [0.1, 0.15) is 39.0 Å². The van der Waals surface area contributed by atoms with Crippen molar-refractivity contribution < 1.29 is 9.90 Å². The molecular weight excluding hydrogens is 190 g/mol. The highest BCUT2D eigenvalue weighted by Gasteiger charge is 2.22. The molecule has 1 aliphatic rings. The number of Topliss-reactive ketones (excluding diaryl/α,β-unsaturated/α-hetero) is 1. The first-order chi connectivity index (χ1) is 7.24. The molecule has 0 amide bonds. The number of piperidine rings is 1. The Kier molecular flexibility index (Phi) is 5.88. The summed E-state index contributed by atoms with van der Waals surface area (Å²) in [5, 5.41) is 8.63. The number of aliphatic hydroxyl groups excluding tert-OH is 1. The Hall–Kier alpha value is -0.410. The first-order valence-electron chi connectivity index (χ1n) is 6.10. The van der Waals surface area contributed by atoms with Crippen molar-refractivity contribution in [2.24, 2.45) is 5.92 Å². The summed E-state index contributed by atoms with van der Waals surface area (Å²) in [6.45, 7) is 5.35. The number of unbranched alkanes of at least 4 members (excludes halogenated alkanes) is 3. The van der Waals surface area contributed by atoms with Gasteiger partial charge in [-0.2, -0.15) is 0 Å². The van der Waals surface area contributed by atoms with E-state index in [1.165, 1.54) is 12.8 Å². The Bertz CT molecular complexity index is 194. The Morgan fingerprint density at radius 2 is 2.07 bits per heavy atom. The van der Waals surface area contributed by atoms with Gasteiger partial charge < -0.3 is 10.0 Å². The first kappa shape index (κ1) is 12.7.